The first-order valence-electron chi connectivity index (χ1n) is 6.93. The standard InChI is InChI=1S/C15H21ClN2O4/c1-10(14(19)20)9-18(3)15(21)17-8-11(2)22-13-6-4-12(16)5-7-13/h4-7,10-11H,8-9H2,1-3H3,(H,17,21)(H,19,20)/t10?,11-/m0/s1. The Morgan fingerprint density at radius 2 is 1.91 bits per heavy atom. The molecule has 22 heavy (non-hydrogen) atoms. The highest BCUT2D eigenvalue weighted by Gasteiger charge is 2.17. The van der Waals surface area contributed by atoms with Gasteiger partial charge in [-0.3, -0.25) is 4.79 Å². The Hall–Kier alpha value is -1.95. The van der Waals surface area contributed by atoms with Crippen LogP contribution in [0, 0.1) is 5.92 Å². The number of halogens is 1. The van der Waals surface area contributed by atoms with Crippen LogP contribution in [-0.2, 0) is 4.79 Å². The summed E-state index contributed by atoms with van der Waals surface area (Å²) in [6.07, 6.45) is -0.226. The zero-order valence-electron chi connectivity index (χ0n) is 12.9. The first kappa shape index (κ1) is 18.1. The van der Waals surface area contributed by atoms with E-state index >= 15 is 0 Å². The number of aliphatic carboxylic acids is 1. The molecule has 0 heterocycles. The molecule has 0 saturated heterocycles. The fourth-order valence-electron chi connectivity index (χ4n) is 1.72. The fourth-order valence-corrected chi connectivity index (χ4v) is 1.85. The summed E-state index contributed by atoms with van der Waals surface area (Å²) in [7, 11) is 1.56. The van der Waals surface area contributed by atoms with Crippen molar-refractivity contribution in [2.24, 2.45) is 5.92 Å². The molecule has 122 valence electrons. The zero-order valence-corrected chi connectivity index (χ0v) is 13.6. The van der Waals surface area contributed by atoms with Gasteiger partial charge in [0.05, 0.1) is 12.5 Å². The molecular formula is C15H21ClN2O4. The summed E-state index contributed by atoms with van der Waals surface area (Å²) in [5.41, 5.74) is 0. The number of carboxylic acids is 1. The Balaban J connectivity index is 2.36. The van der Waals surface area contributed by atoms with Crippen molar-refractivity contribution in [3.8, 4) is 5.75 Å². The lowest BCUT2D eigenvalue weighted by molar-refractivity contribution is -0.141. The van der Waals surface area contributed by atoms with Gasteiger partial charge in [-0.25, -0.2) is 4.79 Å². The predicted molar refractivity (Wildman–Crippen MR) is 84.4 cm³/mol. The van der Waals surface area contributed by atoms with Crippen LogP contribution in [0.15, 0.2) is 24.3 Å². The van der Waals surface area contributed by atoms with Crippen LogP contribution in [0.3, 0.4) is 0 Å². The Kier molecular flexibility index (Phi) is 6.98. The molecule has 2 N–H and O–H groups in total. The molecule has 0 radical (unpaired) electrons. The van der Waals surface area contributed by atoms with Crippen LogP contribution in [0.2, 0.25) is 5.02 Å². The van der Waals surface area contributed by atoms with Crippen molar-refractivity contribution in [2.45, 2.75) is 20.0 Å². The number of hydrogen-bond acceptors (Lipinski definition) is 3. The number of carboxylic acid groups (broad SMARTS) is 1. The van der Waals surface area contributed by atoms with Gasteiger partial charge in [-0.1, -0.05) is 18.5 Å². The molecule has 1 unspecified atom stereocenters. The minimum absolute atomic E-state index is 0.146. The van der Waals surface area contributed by atoms with Gasteiger partial charge >= 0.3 is 12.0 Å². The van der Waals surface area contributed by atoms with Crippen LogP contribution in [0.5, 0.6) is 5.75 Å². The SMILES string of the molecule is CC(CN(C)C(=O)NC[C@H](C)Oc1ccc(Cl)cc1)C(=O)O. The average molecular weight is 329 g/mol. The summed E-state index contributed by atoms with van der Waals surface area (Å²) in [4.78, 5) is 24.0. The number of nitrogens with zero attached hydrogens (tertiary/aromatic N) is 1. The van der Waals surface area contributed by atoms with Crippen LogP contribution < -0.4 is 10.1 Å². The maximum absolute atomic E-state index is 11.9. The highest BCUT2D eigenvalue weighted by atomic mass is 35.5. The summed E-state index contributed by atoms with van der Waals surface area (Å²) >= 11 is 5.79. The highest BCUT2D eigenvalue weighted by Crippen LogP contribution is 2.16. The Labute approximate surface area is 135 Å². The van der Waals surface area contributed by atoms with Crippen molar-refractivity contribution in [1.29, 1.82) is 0 Å². The molecule has 1 aromatic carbocycles. The van der Waals surface area contributed by atoms with Gasteiger partial charge in [0.2, 0.25) is 0 Å². The third-order valence-electron chi connectivity index (χ3n) is 3.01. The van der Waals surface area contributed by atoms with Gasteiger partial charge in [0, 0.05) is 18.6 Å². The molecule has 0 saturated carbocycles. The van der Waals surface area contributed by atoms with Crippen LogP contribution in [0.4, 0.5) is 4.79 Å². The zero-order chi connectivity index (χ0) is 16.7. The van der Waals surface area contributed by atoms with E-state index in [1.807, 2.05) is 6.92 Å². The minimum atomic E-state index is -0.931. The Bertz CT molecular complexity index is 507. The van der Waals surface area contributed by atoms with Crippen LogP contribution in [0.25, 0.3) is 0 Å². The number of carbonyl (C=O) groups is 2. The minimum Gasteiger partial charge on any atom is -0.489 e. The van der Waals surface area contributed by atoms with Gasteiger partial charge in [0.1, 0.15) is 11.9 Å². The van der Waals surface area contributed by atoms with Gasteiger partial charge in [0.15, 0.2) is 0 Å². The van der Waals surface area contributed by atoms with E-state index in [1.54, 1.807) is 38.2 Å². The molecule has 7 heteroatoms. The quantitative estimate of drug-likeness (QED) is 0.806. The molecule has 0 fully saturated rings. The van der Waals surface area contributed by atoms with Crippen molar-refractivity contribution in [3.63, 3.8) is 0 Å². The summed E-state index contributed by atoms with van der Waals surface area (Å²) in [6, 6.07) is 6.62. The van der Waals surface area contributed by atoms with Crippen LogP contribution in [-0.4, -0.2) is 48.2 Å². The normalized spacial score (nSPS) is 13.1. The molecule has 1 aromatic rings. The summed E-state index contributed by atoms with van der Waals surface area (Å²) in [5, 5.41) is 12.2. The second kappa shape index (κ2) is 8.48. The number of rotatable bonds is 7. The highest BCUT2D eigenvalue weighted by molar-refractivity contribution is 6.30. The maximum Gasteiger partial charge on any atom is 0.317 e. The van der Waals surface area contributed by atoms with E-state index in [0.29, 0.717) is 17.3 Å². The Morgan fingerprint density at radius 1 is 1.32 bits per heavy atom. The molecule has 2 atom stereocenters. The van der Waals surface area contributed by atoms with E-state index in [1.165, 1.54) is 4.90 Å². The molecule has 6 nitrogen and oxygen atoms in total. The lowest BCUT2D eigenvalue weighted by Gasteiger charge is -2.21. The monoisotopic (exact) mass is 328 g/mol. The number of ether oxygens (including phenoxy) is 1. The molecule has 0 bridgehead atoms. The number of amides is 2. The molecule has 0 aromatic heterocycles. The second-order valence-electron chi connectivity index (χ2n) is 5.19. The molecule has 0 aliphatic rings. The molecule has 2 amide bonds. The van der Waals surface area contributed by atoms with Crippen molar-refractivity contribution in [1.82, 2.24) is 10.2 Å². The smallest absolute Gasteiger partial charge is 0.317 e. The predicted octanol–water partition coefficient (Wildman–Crippen LogP) is 2.47. The van der Waals surface area contributed by atoms with E-state index in [9.17, 15) is 9.59 Å². The Morgan fingerprint density at radius 3 is 2.45 bits per heavy atom. The van der Waals surface area contributed by atoms with E-state index in [2.05, 4.69) is 5.32 Å². The van der Waals surface area contributed by atoms with Crippen molar-refractivity contribution < 1.29 is 19.4 Å². The third kappa shape index (κ3) is 6.22. The number of nitrogens with one attached hydrogen (secondary N) is 1. The first-order chi connectivity index (χ1) is 10.3. The van der Waals surface area contributed by atoms with E-state index in [4.69, 9.17) is 21.4 Å². The van der Waals surface area contributed by atoms with Gasteiger partial charge < -0.3 is 20.1 Å². The molecular weight excluding hydrogens is 308 g/mol. The number of hydrogen-bond donors (Lipinski definition) is 2. The average Bonchev–Trinajstić information content (AvgIpc) is 2.46. The molecule has 0 aliphatic carbocycles. The van der Waals surface area contributed by atoms with E-state index in [0.717, 1.165) is 0 Å². The molecule has 0 spiro atoms. The molecule has 0 aliphatic heterocycles. The van der Waals surface area contributed by atoms with Crippen molar-refractivity contribution >= 4 is 23.6 Å². The number of urea groups is 1. The summed E-state index contributed by atoms with van der Waals surface area (Å²) < 4.78 is 5.63. The first-order valence-corrected chi connectivity index (χ1v) is 7.31. The van der Waals surface area contributed by atoms with Gasteiger partial charge in [-0.05, 0) is 31.2 Å². The van der Waals surface area contributed by atoms with Crippen molar-refractivity contribution in [2.75, 3.05) is 20.1 Å². The summed E-state index contributed by atoms with van der Waals surface area (Å²) in [6.45, 7) is 3.84. The lowest BCUT2D eigenvalue weighted by Crippen LogP contribution is -2.43. The van der Waals surface area contributed by atoms with Crippen LogP contribution in [0.1, 0.15) is 13.8 Å². The largest absolute Gasteiger partial charge is 0.489 e. The number of benzene rings is 1. The van der Waals surface area contributed by atoms with Gasteiger partial charge in [0.25, 0.3) is 0 Å². The second-order valence-corrected chi connectivity index (χ2v) is 5.62. The van der Waals surface area contributed by atoms with Crippen molar-refractivity contribution in [3.05, 3.63) is 29.3 Å². The van der Waals surface area contributed by atoms with Crippen LogP contribution >= 0.6 is 11.6 Å². The third-order valence-corrected chi connectivity index (χ3v) is 3.26. The lowest BCUT2D eigenvalue weighted by atomic mass is 10.2. The van der Waals surface area contributed by atoms with E-state index < -0.39 is 11.9 Å². The van der Waals surface area contributed by atoms with Gasteiger partial charge in [-0.2, -0.15) is 0 Å². The fraction of sp³-hybridized carbons (Fsp3) is 0.467. The van der Waals surface area contributed by atoms with E-state index in [-0.39, 0.29) is 18.7 Å². The molecule has 1 rings (SSSR count). The topological polar surface area (TPSA) is 78.9 Å². The maximum atomic E-state index is 11.9. The summed E-state index contributed by atoms with van der Waals surface area (Å²) in [5.74, 6) is -0.878. The van der Waals surface area contributed by atoms with Gasteiger partial charge in [-0.15, -0.1) is 0 Å². The number of carbonyl (C=O) groups excluding carboxylic acids is 1.